The number of piperidine rings is 1. The lowest BCUT2D eigenvalue weighted by molar-refractivity contribution is -0.152. The van der Waals surface area contributed by atoms with Gasteiger partial charge in [0.2, 0.25) is 17.7 Å². The van der Waals surface area contributed by atoms with Crippen LogP contribution in [0.4, 0.5) is 5.69 Å². The molecule has 0 spiro atoms. The quantitative estimate of drug-likeness (QED) is 0.740. The second-order valence-corrected chi connectivity index (χ2v) is 6.81. The molecule has 5 heteroatoms. The maximum atomic E-state index is 12.7. The molecule has 1 fully saturated rings. The maximum absolute atomic E-state index is 12.7. The Labute approximate surface area is 159 Å². The van der Waals surface area contributed by atoms with Crippen LogP contribution in [0.5, 0.6) is 0 Å². The van der Waals surface area contributed by atoms with Crippen LogP contribution in [0, 0.1) is 5.92 Å². The van der Waals surface area contributed by atoms with Gasteiger partial charge in [0.05, 0.1) is 0 Å². The average molecular weight is 364 g/mol. The number of carbonyl (C=O) groups is 3. The molecule has 140 valence electrons. The van der Waals surface area contributed by atoms with Crippen molar-refractivity contribution in [1.29, 1.82) is 0 Å². The van der Waals surface area contributed by atoms with E-state index >= 15 is 0 Å². The largest absolute Gasteiger partial charge is 0.311 e. The number of para-hydroxylation sites is 1. The van der Waals surface area contributed by atoms with Gasteiger partial charge in [0.15, 0.2) is 0 Å². The van der Waals surface area contributed by atoms with E-state index in [2.05, 4.69) is 0 Å². The minimum Gasteiger partial charge on any atom is -0.311 e. The molecule has 0 unspecified atom stereocenters. The molecule has 1 heterocycles. The summed E-state index contributed by atoms with van der Waals surface area (Å²) in [5.74, 6) is -0.767. The summed E-state index contributed by atoms with van der Waals surface area (Å²) in [6.45, 7) is 2.16. The number of nitrogens with zero attached hydrogens (tertiary/aromatic N) is 2. The Morgan fingerprint density at radius 2 is 1.52 bits per heavy atom. The van der Waals surface area contributed by atoms with Crippen LogP contribution in [-0.2, 0) is 20.8 Å². The molecule has 0 radical (unpaired) electrons. The third kappa shape index (κ3) is 4.61. The first kappa shape index (κ1) is 18.8. The van der Waals surface area contributed by atoms with Gasteiger partial charge in [0.25, 0.3) is 0 Å². The Morgan fingerprint density at radius 3 is 2.07 bits per heavy atom. The topological polar surface area (TPSA) is 57.7 Å². The third-order valence-corrected chi connectivity index (χ3v) is 4.87. The molecule has 0 aromatic heterocycles. The Kier molecular flexibility index (Phi) is 6.01. The molecule has 0 bridgehead atoms. The number of benzene rings is 2. The molecule has 0 aliphatic carbocycles. The third-order valence-electron chi connectivity index (χ3n) is 4.87. The van der Waals surface area contributed by atoms with Crippen molar-refractivity contribution < 1.29 is 14.4 Å². The van der Waals surface area contributed by atoms with Crippen molar-refractivity contribution in [3.8, 4) is 0 Å². The molecular weight excluding hydrogens is 340 g/mol. The fourth-order valence-electron chi connectivity index (χ4n) is 3.53. The lowest BCUT2D eigenvalue weighted by atomic mass is 9.89. The van der Waals surface area contributed by atoms with Gasteiger partial charge >= 0.3 is 0 Å². The molecular formula is C22H24N2O3. The van der Waals surface area contributed by atoms with E-state index < -0.39 is 0 Å². The maximum Gasteiger partial charge on any atom is 0.247 e. The number of hydrogen-bond donors (Lipinski definition) is 0. The molecule has 0 N–H and O–H groups in total. The van der Waals surface area contributed by atoms with E-state index in [0.29, 0.717) is 25.8 Å². The first-order valence-electron chi connectivity index (χ1n) is 9.31. The summed E-state index contributed by atoms with van der Waals surface area (Å²) in [7, 11) is 0. The highest BCUT2D eigenvalue weighted by molar-refractivity contribution is 6.04. The fourth-order valence-corrected chi connectivity index (χ4v) is 3.53. The normalized spacial score (nSPS) is 15.1. The van der Waals surface area contributed by atoms with E-state index in [-0.39, 0.29) is 30.2 Å². The molecule has 1 aliphatic rings. The van der Waals surface area contributed by atoms with E-state index in [1.165, 1.54) is 0 Å². The molecule has 1 saturated heterocycles. The van der Waals surface area contributed by atoms with E-state index in [1.54, 1.807) is 4.90 Å². The van der Waals surface area contributed by atoms with E-state index in [9.17, 15) is 14.4 Å². The van der Waals surface area contributed by atoms with Crippen LogP contribution in [0.3, 0.4) is 0 Å². The minimum absolute atomic E-state index is 0.00449. The second kappa shape index (κ2) is 8.62. The smallest absolute Gasteiger partial charge is 0.247 e. The van der Waals surface area contributed by atoms with Crippen LogP contribution in [-0.4, -0.2) is 35.7 Å². The number of hydrogen-bond acceptors (Lipinski definition) is 3. The highest BCUT2D eigenvalue weighted by atomic mass is 16.2. The molecule has 5 nitrogen and oxygen atoms in total. The van der Waals surface area contributed by atoms with Crippen molar-refractivity contribution in [2.24, 2.45) is 5.92 Å². The average Bonchev–Trinajstić information content (AvgIpc) is 2.67. The van der Waals surface area contributed by atoms with Gasteiger partial charge in [-0.05, 0) is 37.0 Å². The minimum atomic E-state index is -0.260. The van der Waals surface area contributed by atoms with Gasteiger partial charge in [-0.2, -0.15) is 0 Å². The Hall–Kier alpha value is -2.95. The highest BCUT2D eigenvalue weighted by Crippen LogP contribution is 2.24. The molecule has 27 heavy (non-hydrogen) atoms. The summed E-state index contributed by atoms with van der Waals surface area (Å²) in [5.41, 5.74) is 1.89. The summed E-state index contributed by atoms with van der Waals surface area (Å²) >= 11 is 0. The summed E-state index contributed by atoms with van der Waals surface area (Å²) in [6, 6.07) is 19.1. The van der Waals surface area contributed by atoms with Crippen molar-refractivity contribution in [2.45, 2.75) is 26.2 Å². The molecule has 0 saturated carbocycles. The van der Waals surface area contributed by atoms with Gasteiger partial charge in [-0.1, -0.05) is 48.5 Å². The monoisotopic (exact) mass is 364 g/mol. The van der Waals surface area contributed by atoms with E-state index in [0.717, 1.165) is 16.2 Å². The summed E-state index contributed by atoms with van der Waals surface area (Å²) < 4.78 is 0. The number of anilines is 1. The predicted molar refractivity (Wildman–Crippen MR) is 104 cm³/mol. The SMILES string of the molecule is CCN(C(=O)CN1C(=O)CC(Cc2ccccc2)CC1=O)c1ccccc1. The molecule has 2 aromatic rings. The summed E-state index contributed by atoms with van der Waals surface area (Å²) in [4.78, 5) is 40.4. The van der Waals surface area contributed by atoms with Crippen LogP contribution in [0.2, 0.25) is 0 Å². The van der Waals surface area contributed by atoms with E-state index in [1.807, 2.05) is 67.6 Å². The number of likely N-dealkylation sites (tertiary alicyclic amines) is 1. The Morgan fingerprint density at radius 1 is 0.963 bits per heavy atom. The predicted octanol–water partition coefficient (Wildman–Crippen LogP) is 3.05. The lowest BCUT2D eigenvalue weighted by Gasteiger charge is -2.31. The van der Waals surface area contributed by atoms with Crippen molar-refractivity contribution >= 4 is 23.4 Å². The van der Waals surface area contributed by atoms with Crippen LogP contribution >= 0.6 is 0 Å². The molecule has 3 rings (SSSR count). The van der Waals surface area contributed by atoms with Crippen molar-refractivity contribution in [1.82, 2.24) is 4.90 Å². The van der Waals surface area contributed by atoms with Gasteiger partial charge in [-0.3, -0.25) is 19.3 Å². The first-order chi connectivity index (χ1) is 13.1. The number of amides is 3. The number of carbonyl (C=O) groups excluding carboxylic acids is 3. The van der Waals surface area contributed by atoms with E-state index in [4.69, 9.17) is 0 Å². The van der Waals surface area contributed by atoms with Gasteiger partial charge < -0.3 is 4.90 Å². The highest BCUT2D eigenvalue weighted by Gasteiger charge is 2.34. The van der Waals surface area contributed by atoms with Crippen LogP contribution < -0.4 is 4.90 Å². The number of imide groups is 1. The number of rotatable bonds is 6. The standard InChI is InChI=1S/C22H24N2O3/c1-2-23(19-11-7-4-8-12-19)22(27)16-24-20(25)14-18(15-21(24)26)13-17-9-5-3-6-10-17/h3-12,18H,2,13-16H2,1H3. The second-order valence-electron chi connectivity index (χ2n) is 6.81. The van der Waals surface area contributed by atoms with Crippen molar-refractivity contribution in [2.75, 3.05) is 18.0 Å². The Bertz CT molecular complexity index is 787. The molecule has 1 aliphatic heterocycles. The lowest BCUT2D eigenvalue weighted by Crippen LogP contribution is -2.49. The molecule has 3 amide bonds. The van der Waals surface area contributed by atoms with Gasteiger partial charge in [-0.15, -0.1) is 0 Å². The zero-order valence-corrected chi connectivity index (χ0v) is 15.5. The summed E-state index contributed by atoms with van der Waals surface area (Å²) in [5, 5.41) is 0. The Balaban J connectivity index is 1.63. The van der Waals surface area contributed by atoms with Gasteiger partial charge in [0.1, 0.15) is 6.54 Å². The van der Waals surface area contributed by atoms with Crippen molar-refractivity contribution in [3.63, 3.8) is 0 Å². The van der Waals surface area contributed by atoms with Crippen LogP contribution in [0.15, 0.2) is 60.7 Å². The molecule has 0 atom stereocenters. The summed E-state index contributed by atoms with van der Waals surface area (Å²) in [6.07, 6.45) is 1.29. The fraction of sp³-hybridized carbons (Fsp3) is 0.318. The van der Waals surface area contributed by atoms with Crippen molar-refractivity contribution in [3.05, 3.63) is 66.2 Å². The van der Waals surface area contributed by atoms with Gasteiger partial charge in [0, 0.05) is 25.1 Å². The number of likely N-dealkylation sites (N-methyl/N-ethyl adjacent to an activating group) is 1. The van der Waals surface area contributed by atoms with Crippen LogP contribution in [0.1, 0.15) is 25.3 Å². The van der Waals surface area contributed by atoms with Gasteiger partial charge in [-0.25, -0.2) is 0 Å². The first-order valence-corrected chi connectivity index (χ1v) is 9.31. The van der Waals surface area contributed by atoms with Crippen LogP contribution in [0.25, 0.3) is 0 Å². The zero-order chi connectivity index (χ0) is 19.2. The zero-order valence-electron chi connectivity index (χ0n) is 15.5. The molecule has 2 aromatic carbocycles.